The highest BCUT2D eigenvalue weighted by Gasteiger charge is 2.22. The first-order chi connectivity index (χ1) is 15.9. The molecule has 0 unspecified atom stereocenters. The smallest absolute Gasteiger partial charge is 0.270 e. The number of rotatable bonds is 7. The lowest BCUT2D eigenvalue weighted by molar-refractivity contribution is -0.0636. The summed E-state index contributed by atoms with van der Waals surface area (Å²) in [4.78, 5) is 22.6. The molecule has 2 atom stereocenters. The van der Waals surface area contributed by atoms with Crippen molar-refractivity contribution < 1.29 is 23.8 Å². The van der Waals surface area contributed by atoms with Gasteiger partial charge in [-0.1, -0.05) is 6.07 Å². The lowest BCUT2D eigenvalue weighted by atomic mass is 10.1. The van der Waals surface area contributed by atoms with Gasteiger partial charge in [-0.05, 0) is 48.7 Å². The molecule has 3 heterocycles. The average molecular weight is 457 g/mol. The number of carbonyl (C=O) groups is 1. The topological polar surface area (TPSA) is 137 Å². The van der Waals surface area contributed by atoms with E-state index in [0.717, 1.165) is 0 Å². The number of aliphatic hydroxyl groups excluding tert-OH is 1. The number of hydrogen-bond donors (Lipinski definition) is 2. The van der Waals surface area contributed by atoms with Crippen molar-refractivity contribution in [2.75, 3.05) is 13.7 Å². The van der Waals surface area contributed by atoms with Crippen LogP contribution in [0.25, 0.3) is 11.5 Å². The third kappa shape index (κ3) is 5.65. The summed E-state index contributed by atoms with van der Waals surface area (Å²) in [7, 11) is 1.38. The first-order valence-electron chi connectivity index (χ1n) is 10.5. The van der Waals surface area contributed by atoms with Gasteiger partial charge >= 0.3 is 0 Å². The molecular weight excluding hydrogens is 433 g/mol. The highest BCUT2D eigenvalue weighted by Crippen LogP contribution is 2.19. The third-order valence-electron chi connectivity index (χ3n) is 5.13. The van der Waals surface area contributed by atoms with Crippen molar-refractivity contribution in [2.45, 2.75) is 45.1 Å². The molecule has 1 saturated heterocycles. The first-order valence-corrected chi connectivity index (χ1v) is 10.5. The van der Waals surface area contributed by atoms with Crippen LogP contribution in [0, 0.1) is 12.7 Å². The molecule has 11 nitrogen and oxygen atoms in total. The van der Waals surface area contributed by atoms with Crippen LogP contribution < -0.4 is 10.1 Å². The van der Waals surface area contributed by atoms with Gasteiger partial charge in [-0.25, -0.2) is 14.4 Å². The molecule has 1 aromatic carbocycles. The number of nitrogens with one attached hydrogen (secondary N) is 1. The van der Waals surface area contributed by atoms with E-state index in [9.17, 15) is 14.3 Å². The molecule has 12 heteroatoms. The standard InChI is InChI=1S/C21H24FN7O4/c1-12-24-17(20-26-28-29(27-20)10-15-5-4-14(30)11-33-15)8-18(25-12)21(31)23-9-13-3-6-16(22)19(7-13)32-2/h3,6-8,14-15,30H,4-5,9-11H2,1-2H3,(H,23,31)/t14-,15+/m0/s1. The number of amides is 1. The maximum atomic E-state index is 13.6. The quantitative estimate of drug-likeness (QED) is 0.533. The maximum Gasteiger partial charge on any atom is 0.270 e. The van der Waals surface area contributed by atoms with E-state index in [0.29, 0.717) is 43.1 Å². The molecule has 1 fully saturated rings. The van der Waals surface area contributed by atoms with E-state index in [-0.39, 0.29) is 29.9 Å². The van der Waals surface area contributed by atoms with E-state index in [1.807, 2.05) is 0 Å². The number of benzene rings is 1. The Bertz CT molecular complexity index is 1130. The Morgan fingerprint density at radius 3 is 2.94 bits per heavy atom. The van der Waals surface area contributed by atoms with Crippen molar-refractivity contribution in [2.24, 2.45) is 0 Å². The molecule has 33 heavy (non-hydrogen) atoms. The lowest BCUT2D eigenvalue weighted by Crippen LogP contribution is -2.32. The molecule has 0 radical (unpaired) electrons. The summed E-state index contributed by atoms with van der Waals surface area (Å²) in [6.45, 7) is 2.52. The molecule has 0 aliphatic carbocycles. The summed E-state index contributed by atoms with van der Waals surface area (Å²) in [5.74, 6) is -0.162. The van der Waals surface area contributed by atoms with Crippen molar-refractivity contribution >= 4 is 5.91 Å². The Morgan fingerprint density at radius 1 is 1.33 bits per heavy atom. The van der Waals surface area contributed by atoms with Gasteiger partial charge in [0.2, 0.25) is 5.82 Å². The van der Waals surface area contributed by atoms with Crippen LogP contribution in [0.5, 0.6) is 5.75 Å². The van der Waals surface area contributed by atoms with Crippen LogP contribution in [0.3, 0.4) is 0 Å². The van der Waals surface area contributed by atoms with E-state index in [1.165, 1.54) is 30.1 Å². The van der Waals surface area contributed by atoms with E-state index in [1.54, 1.807) is 13.0 Å². The zero-order valence-corrected chi connectivity index (χ0v) is 18.2. The molecule has 2 N–H and O–H groups in total. The molecule has 1 aliphatic heterocycles. The molecule has 0 saturated carbocycles. The Balaban J connectivity index is 1.43. The minimum absolute atomic E-state index is 0.103. The molecule has 3 aromatic rings. The Kier molecular flexibility index (Phi) is 6.84. The zero-order valence-electron chi connectivity index (χ0n) is 18.2. The van der Waals surface area contributed by atoms with Crippen LogP contribution in [0.2, 0.25) is 0 Å². The van der Waals surface area contributed by atoms with Gasteiger partial charge in [0.1, 0.15) is 17.2 Å². The van der Waals surface area contributed by atoms with Gasteiger partial charge in [-0.3, -0.25) is 4.79 Å². The molecule has 0 spiro atoms. The third-order valence-corrected chi connectivity index (χ3v) is 5.13. The van der Waals surface area contributed by atoms with Crippen LogP contribution in [-0.2, 0) is 17.8 Å². The number of aliphatic hydroxyl groups is 1. The van der Waals surface area contributed by atoms with Gasteiger partial charge in [0.15, 0.2) is 11.6 Å². The molecule has 1 amide bonds. The molecule has 4 rings (SSSR count). The number of hydrogen-bond acceptors (Lipinski definition) is 9. The summed E-state index contributed by atoms with van der Waals surface area (Å²) in [6.07, 6.45) is 0.836. The number of aromatic nitrogens is 6. The molecule has 2 aromatic heterocycles. The second-order valence-electron chi connectivity index (χ2n) is 7.69. The number of methoxy groups -OCH3 is 1. The van der Waals surface area contributed by atoms with E-state index in [4.69, 9.17) is 9.47 Å². The van der Waals surface area contributed by atoms with Gasteiger partial charge in [-0.15, -0.1) is 10.2 Å². The number of halogens is 1. The molecule has 0 bridgehead atoms. The van der Waals surface area contributed by atoms with Crippen LogP contribution in [0.15, 0.2) is 24.3 Å². The van der Waals surface area contributed by atoms with Gasteiger partial charge in [-0.2, -0.15) is 4.80 Å². The largest absolute Gasteiger partial charge is 0.494 e. The fourth-order valence-corrected chi connectivity index (χ4v) is 3.43. The van der Waals surface area contributed by atoms with Crippen LogP contribution >= 0.6 is 0 Å². The number of tetrazole rings is 1. The lowest BCUT2D eigenvalue weighted by Gasteiger charge is -2.25. The Hall–Kier alpha value is -3.51. The molecular formula is C21H24FN7O4. The van der Waals surface area contributed by atoms with Gasteiger partial charge in [0.05, 0.1) is 32.5 Å². The Labute approximate surface area is 189 Å². The first kappa shape index (κ1) is 22.7. The van der Waals surface area contributed by atoms with Gasteiger partial charge in [0, 0.05) is 6.54 Å². The fraction of sp³-hybridized carbons (Fsp3) is 0.429. The summed E-state index contributed by atoms with van der Waals surface area (Å²) in [5.41, 5.74) is 1.18. The highest BCUT2D eigenvalue weighted by atomic mass is 19.1. The zero-order chi connectivity index (χ0) is 23.4. The second kappa shape index (κ2) is 9.96. The maximum absolute atomic E-state index is 13.6. The number of aryl methyl sites for hydroxylation is 1. The predicted octanol–water partition coefficient (Wildman–Crippen LogP) is 1.06. The van der Waals surface area contributed by atoms with Crippen molar-refractivity contribution in [1.29, 1.82) is 0 Å². The number of ether oxygens (including phenoxy) is 2. The minimum atomic E-state index is -0.475. The molecule has 1 aliphatic rings. The van der Waals surface area contributed by atoms with E-state index >= 15 is 0 Å². The summed E-state index contributed by atoms with van der Waals surface area (Å²) in [6, 6.07) is 5.85. The van der Waals surface area contributed by atoms with Crippen molar-refractivity contribution in [3.63, 3.8) is 0 Å². The summed E-state index contributed by atoms with van der Waals surface area (Å²) >= 11 is 0. The highest BCUT2D eigenvalue weighted by molar-refractivity contribution is 5.93. The van der Waals surface area contributed by atoms with Crippen LogP contribution in [0.4, 0.5) is 4.39 Å². The van der Waals surface area contributed by atoms with Crippen LogP contribution in [-0.4, -0.2) is 67.1 Å². The molecule has 174 valence electrons. The minimum Gasteiger partial charge on any atom is -0.494 e. The van der Waals surface area contributed by atoms with Gasteiger partial charge in [0.25, 0.3) is 5.91 Å². The van der Waals surface area contributed by atoms with Crippen molar-refractivity contribution in [3.05, 3.63) is 47.2 Å². The van der Waals surface area contributed by atoms with Crippen molar-refractivity contribution in [1.82, 2.24) is 35.5 Å². The summed E-state index contributed by atoms with van der Waals surface area (Å²) in [5, 5.41) is 24.7. The number of carbonyl (C=O) groups excluding carboxylic acids is 1. The Morgan fingerprint density at radius 2 is 2.18 bits per heavy atom. The predicted molar refractivity (Wildman–Crippen MR) is 113 cm³/mol. The second-order valence-corrected chi connectivity index (χ2v) is 7.69. The van der Waals surface area contributed by atoms with Gasteiger partial charge < -0.3 is 19.9 Å². The number of nitrogens with zero attached hydrogens (tertiary/aromatic N) is 6. The van der Waals surface area contributed by atoms with Crippen molar-refractivity contribution in [3.8, 4) is 17.3 Å². The summed E-state index contributed by atoms with van der Waals surface area (Å²) < 4.78 is 24.1. The fourth-order valence-electron chi connectivity index (χ4n) is 3.43. The SMILES string of the molecule is COc1cc(CNC(=O)c2cc(-c3nnn(C[C@H]4CC[C@H](O)CO4)n3)nc(C)n2)ccc1F. The monoisotopic (exact) mass is 457 g/mol. The van der Waals surface area contributed by atoms with E-state index < -0.39 is 17.8 Å². The average Bonchev–Trinajstić information content (AvgIpc) is 3.28. The normalized spacial score (nSPS) is 18.2. The van der Waals surface area contributed by atoms with Crippen LogP contribution in [0.1, 0.15) is 34.7 Å². The van der Waals surface area contributed by atoms with E-state index in [2.05, 4.69) is 30.7 Å².